The molecule has 1 N–H and O–H groups in total. The lowest BCUT2D eigenvalue weighted by Gasteiger charge is -2.46. The van der Waals surface area contributed by atoms with E-state index in [1.807, 2.05) is 0 Å². The van der Waals surface area contributed by atoms with Gasteiger partial charge in [0, 0.05) is 17.7 Å². The van der Waals surface area contributed by atoms with E-state index in [2.05, 4.69) is 5.32 Å². The van der Waals surface area contributed by atoms with Gasteiger partial charge in [0.05, 0.1) is 25.7 Å². The van der Waals surface area contributed by atoms with Gasteiger partial charge in [0.1, 0.15) is 5.82 Å². The Morgan fingerprint density at radius 3 is 2.63 bits per heavy atom. The van der Waals surface area contributed by atoms with Gasteiger partial charge in [-0.1, -0.05) is 0 Å². The minimum Gasteiger partial charge on any atom is -0.494 e. The summed E-state index contributed by atoms with van der Waals surface area (Å²) >= 11 is 0. The fraction of sp³-hybridized carbons (Fsp3) is 0.571. The molecule has 0 radical (unpaired) electrons. The van der Waals surface area contributed by atoms with E-state index in [4.69, 9.17) is 9.47 Å². The maximum atomic E-state index is 14.3. The van der Waals surface area contributed by atoms with Gasteiger partial charge in [-0.15, -0.1) is 0 Å². The van der Waals surface area contributed by atoms with Crippen LogP contribution in [0.15, 0.2) is 12.1 Å². The quantitative estimate of drug-likeness (QED) is 0.910. The highest BCUT2D eigenvalue weighted by Gasteiger charge is 2.49. The molecule has 2 saturated heterocycles. The van der Waals surface area contributed by atoms with E-state index in [1.165, 1.54) is 13.2 Å². The van der Waals surface area contributed by atoms with E-state index < -0.39 is 17.0 Å². The molecule has 0 spiro atoms. The molecule has 19 heavy (non-hydrogen) atoms. The van der Waals surface area contributed by atoms with E-state index in [0.29, 0.717) is 18.8 Å². The van der Waals surface area contributed by atoms with Crippen LogP contribution in [0.2, 0.25) is 0 Å². The number of ether oxygens (including phenoxy) is 2. The molecule has 1 atom stereocenters. The average Bonchev–Trinajstić information content (AvgIpc) is 2.86. The minimum atomic E-state index is -0.525. The summed E-state index contributed by atoms with van der Waals surface area (Å²) in [6.07, 6.45) is 2.03. The highest BCUT2D eigenvalue weighted by Crippen LogP contribution is 2.41. The summed E-state index contributed by atoms with van der Waals surface area (Å²) in [6.45, 7) is 1.80. The van der Waals surface area contributed by atoms with Gasteiger partial charge < -0.3 is 14.8 Å². The number of nitrogens with one attached hydrogen (secondary N) is 1. The van der Waals surface area contributed by atoms with Crippen LogP contribution in [0.4, 0.5) is 8.78 Å². The predicted molar refractivity (Wildman–Crippen MR) is 66.4 cm³/mol. The Labute approximate surface area is 110 Å². The van der Waals surface area contributed by atoms with Crippen LogP contribution in [-0.4, -0.2) is 32.9 Å². The average molecular weight is 269 g/mol. The third-order valence-corrected chi connectivity index (χ3v) is 4.22. The van der Waals surface area contributed by atoms with Crippen LogP contribution in [0.25, 0.3) is 0 Å². The first-order valence-corrected chi connectivity index (χ1v) is 6.52. The van der Waals surface area contributed by atoms with Gasteiger partial charge in [0.15, 0.2) is 11.6 Å². The summed E-state index contributed by atoms with van der Waals surface area (Å²) in [5.41, 5.74) is -0.0373. The van der Waals surface area contributed by atoms with Gasteiger partial charge in [-0.3, -0.25) is 0 Å². The highest BCUT2D eigenvalue weighted by molar-refractivity contribution is 5.38. The summed E-state index contributed by atoms with van der Waals surface area (Å²) in [5.74, 6) is -1.01. The second kappa shape index (κ2) is 4.72. The van der Waals surface area contributed by atoms with Gasteiger partial charge in [-0.2, -0.15) is 0 Å². The van der Waals surface area contributed by atoms with Crippen LogP contribution in [0, 0.1) is 11.6 Å². The fourth-order valence-corrected chi connectivity index (χ4v) is 3.09. The third kappa shape index (κ3) is 1.92. The van der Waals surface area contributed by atoms with Crippen LogP contribution in [0.1, 0.15) is 18.4 Å². The standard InChI is InChI=1S/C14H17F2NO2/c1-18-12-6-10(15)9(5-11(12)16)14(7-19-8-14)13-3-2-4-17-13/h5-6,13,17H,2-4,7-8H2,1H3. The Hall–Kier alpha value is -1.20. The fourth-order valence-electron chi connectivity index (χ4n) is 3.09. The first-order chi connectivity index (χ1) is 9.17. The Balaban J connectivity index is 2.02. The van der Waals surface area contributed by atoms with Crippen molar-refractivity contribution in [3.8, 4) is 5.75 Å². The molecule has 5 heteroatoms. The summed E-state index contributed by atoms with van der Waals surface area (Å²) in [7, 11) is 1.33. The van der Waals surface area contributed by atoms with Crippen molar-refractivity contribution in [1.29, 1.82) is 0 Å². The molecule has 0 bridgehead atoms. The molecule has 3 rings (SSSR count). The lowest BCUT2D eigenvalue weighted by Crippen LogP contribution is -2.58. The largest absolute Gasteiger partial charge is 0.494 e. The second-order valence-electron chi connectivity index (χ2n) is 5.26. The monoisotopic (exact) mass is 269 g/mol. The van der Waals surface area contributed by atoms with Crippen molar-refractivity contribution in [3.63, 3.8) is 0 Å². The molecule has 1 aromatic rings. The molecule has 104 valence electrons. The molecule has 0 aliphatic carbocycles. The molecule has 0 saturated carbocycles. The first kappa shape index (κ1) is 12.8. The molecule has 3 nitrogen and oxygen atoms in total. The molecule has 2 aliphatic heterocycles. The lowest BCUT2D eigenvalue weighted by molar-refractivity contribution is -0.0778. The predicted octanol–water partition coefficient (Wildman–Crippen LogP) is 1.99. The zero-order chi connectivity index (χ0) is 13.5. The van der Waals surface area contributed by atoms with E-state index in [9.17, 15) is 8.78 Å². The molecule has 0 aromatic heterocycles. The number of hydrogen-bond donors (Lipinski definition) is 1. The van der Waals surface area contributed by atoms with Gasteiger partial charge in [-0.05, 0) is 25.5 Å². The summed E-state index contributed by atoms with van der Waals surface area (Å²) in [5, 5.41) is 3.37. The van der Waals surface area contributed by atoms with E-state index in [1.54, 1.807) is 0 Å². The molecule has 2 heterocycles. The molecule has 0 amide bonds. The van der Waals surface area contributed by atoms with E-state index in [-0.39, 0.29) is 11.8 Å². The Bertz CT molecular complexity index is 483. The van der Waals surface area contributed by atoms with E-state index in [0.717, 1.165) is 25.5 Å². The number of methoxy groups -OCH3 is 1. The van der Waals surface area contributed by atoms with Crippen molar-refractivity contribution in [1.82, 2.24) is 5.32 Å². The number of rotatable bonds is 3. The molecule has 1 unspecified atom stereocenters. The lowest BCUT2D eigenvalue weighted by atomic mass is 9.71. The third-order valence-electron chi connectivity index (χ3n) is 4.22. The Morgan fingerprint density at radius 1 is 1.32 bits per heavy atom. The summed E-state index contributed by atoms with van der Waals surface area (Å²) in [4.78, 5) is 0. The zero-order valence-electron chi connectivity index (χ0n) is 10.8. The number of halogens is 2. The van der Waals surface area contributed by atoms with Crippen molar-refractivity contribution in [3.05, 3.63) is 29.3 Å². The molecular weight excluding hydrogens is 252 g/mol. The van der Waals surface area contributed by atoms with Crippen LogP contribution < -0.4 is 10.1 Å². The second-order valence-corrected chi connectivity index (χ2v) is 5.26. The number of benzene rings is 1. The van der Waals surface area contributed by atoms with Crippen LogP contribution >= 0.6 is 0 Å². The SMILES string of the molecule is COc1cc(F)c(C2(C3CCCN3)COC2)cc1F. The van der Waals surface area contributed by atoms with Gasteiger partial charge in [0.2, 0.25) is 0 Å². The Kier molecular flexibility index (Phi) is 3.19. The van der Waals surface area contributed by atoms with Crippen molar-refractivity contribution in [2.45, 2.75) is 24.3 Å². The van der Waals surface area contributed by atoms with Crippen LogP contribution in [0.3, 0.4) is 0 Å². The van der Waals surface area contributed by atoms with Crippen molar-refractivity contribution in [2.24, 2.45) is 0 Å². The summed E-state index contributed by atoms with van der Waals surface area (Å²) in [6, 6.07) is 2.54. The highest BCUT2D eigenvalue weighted by atomic mass is 19.1. The Morgan fingerprint density at radius 2 is 2.11 bits per heavy atom. The van der Waals surface area contributed by atoms with Gasteiger partial charge >= 0.3 is 0 Å². The van der Waals surface area contributed by atoms with Crippen LogP contribution in [0.5, 0.6) is 5.75 Å². The molecule has 2 fully saturated rings. The van der Waals surface area contributed by atoms with Crippen molar-refractivity contribution in [2.75, 3.05) is 26.9 Å². The molecule has 2 aliphatic rings. The smallest absolute Gasteiger partial charge is 0.165 e. The molecular formula is C14H17F2NO2. The van der Waals surface area contributed by atoms with Crippen molar-refractivity contribution < 1.29 is 18.3 Å². The zero-order valence-corrected chi connectivity index (χ0v) is 10.8. The first-order valence-electron chi connectivity index (χ1n) is 6.52. The van der Waals surface area contributed by atoms with E-state index >= 15 is 0 Å². The minimum absolute atomic E-state index is 0.0592. The maximum Gasteiger partial charge on any atom is 0.165 e. The van der Waals surface area contributed by atoms with Gasteiger partial charge in [-0.25, -0.2) is 8.78 Å². The topological polar surface area (TPSA) is 30.5 Å². The molecule has 1 aromatic carbocycles. The van der Waals surface area contributed by atoms with Gasteiger partial charge in [0.25, 0.3) is 0 Å². The summed E-state index contributed by atoms with van der Waals surface area (Å²) < 4.78 is 38.2. The van der Waals surface area contributed by atoms with Crippen molar-refractivity contribution >= 4 is 0 Å². The number of hydrogen-bond acceptors (Lipinski definition) is 3. The maximum absolute atomic E-state index is 14.3. The normalized spacial score (nSPS) is 25.1. The van der Waals surface area contributed by atoms with Crippen LogP contribution in [-0.2, 0) is 10.2 Å².